The fraction of sp³-hybridized carbons (Fsp3) is 0.333. The first-order chi connectivity index (χ1) is 14.8. The minimum Gasteiger partial charge on any atom is -0.354 e. The van der Waals surface area contributed by atoms with Gasteiger partial charge >= 0.3 is 6.18 Å². The van der Waals surface area contributed by atoms with Crippen molar-refractivity contribution < 1.29 is 22.8 Å². The van der Waals surface area contributed by atoms with Crippen LogP contribution in [0, 0.1) is 0 Å². The molecular formula is C24H25F3N2O2. The highest BCUT2D eigenvalue weighted by Gasteiger charge is 2.34. The van der Waals surface area contributed by atoms with Crippen LogP contribution in [0.1, 0.15) is 47.7 Å². The summed E-state index contributed by atoms with van der Waals surface area (Å²) in [5.74, 6) is -0.862. The maximum atomic E-state index is 13.3. The zero-order valence-corrected chi connectivity index (χ0v) is 17.3. The number of carbonyl (C=O) groups is 2. The van der Waals surface area contributed by atoms with E-state index < -0.39 is 23.7 Å². The van der Waals surface area contributed by atoms with E-state index in [-0.39, 0.29) is 18.0 Å². The molecule has 0 aromatic heterocycles. The van der Waals surface area contributed by atoms with Crippen LogP contribution in [0.3, 0.4) is 0 Å². The number of nitrogens with zero attached hydrogens (tertiary/aromatic N) is 1. The molecule has 1 N–H and O–H groups in total. The van der Waals surface area contributed by atoms with Gasteiger partial charge in [-0.25, -0.2) is 0 Å². The molecule has 1 aliphatic rings. The van der Waals surface area contributed by atoms with Gasteiger partial charge in [0.05, 0.1) is 5.56 Å². The molecule has 2 aromatic carbocycles. The van der Waals surface area contributed by atoms with E-state index in [1.165, 1.54) is 17.0 Å². The Bertz CT molecular complexity index is 955. The Labute approximate surface area is 179 Å². The Hall–Kier alpha value is -3.09. The number of halogens is 3. The van der Waals surface area contributed by atoms with Crippen molar-refractivity contribution in [1.29, 1.82) is 0 Å². The molecule has 4 nitrogen and oxygen atoms in total. The molecule has 31 heavy (non-hydrogen) atoms. The van der Waals surface area contributed by atoms with E-state index in [9.17, 15) is 22.8 Å². The van der Waals surface area contributed by atoms with Crippen molar-refractivity contribution in [2.75, 3.05) is 13.1 Å². The van der Waals surface area contributed by atoms with Crippen LogP contribution in [0.5, 0.6) is 0 Å². The highest BCUT2D eigenvalue weighted by Crippen LogP contribution is 2.30. The third-order valence-electron chi connectivity index (χ3n) is 5.21. The number of hydrogen-bond donors (Lipinski definition) is 1. The second-order valence-electron chi connectivity index (χ2n) is 7.72. The number of nitrogens with one attached hydrogen (secondary N) is 1. The Morgan fingerprint density at radius 1 is 1.13 bits per heavy atom. The molecule has 0 aliphatic carbocycles. The first-order valence-electron chi connectivity index (χ1n) is 10.2. The topological polar surface area (TPSA) is 49.4 Å². The lowest BCUT2D eigenvalue weighted by Gasteiger charge is -2.30. The quantitative estimate of drug-likeness (QED) is 0.732. The molecule has 3 rings (SSSR count). The molecule has 1 fully saturated rings. The third kappa shape index (κ3) is 5.96. The summed E-state index contributed by atoms with van der Waals surface area (Å²) in [5, 5.41) is 2.81. The number of hydrogen-bond acceptors (Lipinski definition) is 2. The largest absolute Gasteiger partial charge is 0.416 e. The van der Waals surface area contributed by atoms with Crippen molar-refractivity contribution >= 4 is 17.9 Å². The van der Waals surface area contributed by atoms with Crippen LogP contribution < -0.4 is 5.32 Å². The van der Waals surface area contributed by atoms with E-state index in [0.29, 0.717) is 13.0 Å². The fourth-order valence-corrected chi connectivity index (χ4v) is 3.69. The molecule has 0 saturated carbocycles. The molecule has 2 amide bonds. The summed E-state index contributed by atoms with van der Waals surface area (Å²) in [6, 6.07) is 13.1. The van der Waals surface area contributed by atoms with Crippen LogP contribution in [0.25, 0.3) is 6.08 Å². The second-order valence-corrected chi connectivity index (χ2v) is 7.72. The van der Waals surface area contributed by atoms with Crippen LogP contribution in [0.2, 0.25) is 0 Å². The van der Waals surface area contributed by atoms with E-state index in [1.807, 2.05) is 43.3 Å². The summed E-state index contributed by atoms with van der Waals surface area (Å²) < 4.78 is 39.5. The van der Waals surface area contributed by atoms with Gasteiger partial charge in [0, 0.05) is 18.7 Å². The number of rotatable bonds is 5. The van der Waals surface area contributed by atoms with Crippen LogP contribution >= 0.6 is 0 Å². The smallest absolute Gasteiger partial charge is 0.354 e. The highest BCUT2D eigenvalue weighted by molar-refractivity contribution is 5.98. The average Bonchev–Trinajstić information content (AvgIpc) is 2.96. The maximum absolute atomic E-state index is 13.3. The van der Waals surface area contributed by atoms with Crippen molar-refractivity contribution in [2.45, 2.75) is 38.4 Å². The predicted octanol–water partition coefficient (Wildman–Crippen LogP) is 4.92. The molecular weight excluding hydrogens is 405 g/mol. The zero-order chi connectivity index (χ0) is 22.4. The highest BCUT2D eigenvalue weighted by atomic mass is 19.4. The average molecular weight is 430 g/mol. The van der Waals surface area contributed by atoms with Gasteiger partial charge in [-0.3, -0.25) is 9.59 Å². The Kier molecular flexibility index (Phi) is 7.15. The van der Waals surface area contributed by atoms with Crippen LogP contribution in [0.4, 0.5) is 13.2 Å². The number of amides is 2. The van der Waals surface area contributed by atoms with Crippen LogP contribution in [0.15, 0.2) is 60.2 Å². The molecule has 0 spiro atoms. The van der Waals surface area contributed by atoms with Gasteiger partial charge < -0.3 is 10.2 Å². The Morgan fingerprint density at radius 3 is 2.58 bits per heavy atom. The summed E-state index contributed by atoms with van der Waals surface area (Å²) in [6.45, 7) is 2.51. The Balaban J connectivity index is 1.94. The summed E-state index contributed by atoms with van der Waals surface area (Å²) >= 11 is 0. The van der Waals surface area contributed by atoms with Crippen molar-refractivity contribution in [2.24, 2.45) is 0 Å². The number of benzene rings is 2. The van der Waals surface area contributed by atoms with Gasteiger partial charge in [0.1, 0.15) is 6.04 Å². The van der Waals surface area contributed by atoms with Gasteiger partial charge in [0.15, 0.2) is 0 Å². The second kappa shape index (κ2) is 9.81. The molecule has 1 atom stereocenters. The normalized spacial score (nSPS) is 17.6. The van der Waals surface area contributed by atoms with E-state index >= 15 is 0 Å². The van der Waals surface area contributed by atoms with E-state index in [2.05, 4.69) is 5.32 Å². The van der Waals surface area contributed by atoms with Gasteiger partial charge in [-0.2, -0.15) is 13.2 Å². The summed E-state index contributed by atoms with van der Waals surface area (Å²) in [7, 11) is 0. The SMILES string of the molecule is C/C(=C\c1ccccc1)CN(C(=O)c1cccc(C(F)(F)F)c1)C1CCCCNC1=O. The number of carbonyl (C=O) groups excluding carboxylic acids is 2. The van der Waals surface area contributed by atoms with Gasteiger partial charge in [0.25, 0.3) is 5.91 Å². The van der Waals surface area contributed by atoms with E-state index in [1.54, 1.807) is 0 Å². The standard InChI is InChI=1S/C24H25F3N2O2/c1-17(14-18-8-3-2-4-9-18)16-29(21-12-5-6-13-28-22(21)30)23(31)19-10-7-11-20(15-19)24(25,26)27/h2-4,7-11,14-15,21H,5-6,12-13,16H2,1H3,(H,28,30)/b17-14+. The van der Waals surface area contributed by atoms with Crippen molar-refractivity contribution in [1.82, 2.24) is 10.2 Å². The summed E-state index contributed by atoms with van der Waals surface area (Å²) in [4.78, 5) is 27.4. The molecule has 164 valence electrons. The van der Waals surface area contributed by atoms with Gasteiger partial charge in [-0.1, -0.05) is 48.0 Å². The summed E-state index contributed by atoms with van der Waals surface area (Å²) in [6.07, 6.45) is -0.635. The maximum Gasteiger partial charge on any atom is 0.416 e. The monoisotopic (exact) mass is 430 g/mol. The molecule has 1 unspecified atom stereocenters. The third-order valence-corrected chi connectivity index (χ3v) is 5.21. The van der Waals surface area contributed by atoms with E-state index in [0.717, 1.165) is 36.1 Å². The molecule has 0 radical (unpaired) electrons. The molecule has 2 aromatic rings. The number of alkyl halides is 3. The Morgan fingerprint density at radius 2 is 1.87 bits per heavy atom. The van der Waals surface area contributed by atoms with Gasteiger partial charge in [-0.05, 0) is 49.9 Å². The molecule has 1 saturated heterocycles. The minimum atomic E-state index is -4.55. The predicted molar refractivity (Wildman–Crippen MR) is 113 cm³/mol. The lowest BCUT2D eigenvalue weighted by molar-refractivity contribution is -0.137. The van der Waals surface area contributed by atoms with Crippen molar-refractivity contribution in [3.63, 3.8) is 0 Å². The molecule has 7 heteroatoms. The molecule has 1 aliphatic heterocycles. The lowest BCUT2D eigenvalue weighted by Crippen LogP contribution is -2.49. The zero-order valence-electron chi connectivity index (χ0n) is 17.3. The van der Waals surface area contributed by atoms with Gasteiger partial charge in [0.2, 0.25) is 5.91 Å². The van der Waals surface area contributed by atoms with Gasteiger partial charge in [-0.15, -0.1) is 0 Å². The van der Waals surface area contributed by atoms with Crippen molar-refractivity contribution in [3.8, 4) is 0 Å². The molecule has 1 heterocycles. The fourth-order valence-electron chi connectivity index (χ4n) is 3.69. The first kappa shape index (κ1) is 22.6. The minimum absolute atomic E-state index is 0.0839. The molecule has 0 bridgehead atoms. The van der Waals surface area contributed by atoms with Crippen LogP contribution in [-0.4, -0.2) is 35.8 Å². The lowest BCUT2D eigenvalue weighted by atomic mass is 10.0. The van der Waals surface area contributed by atoms with E-state index in [4.69, 9.17) is 0 Å². The summed E-state index contributed by atoms with van der Waals surface area (Å²) in [5.41, 5.74) is 0.792. The first-order valence-corrected chi connectivity index (χ1v) is 10.2. The van der Waals surface area contributed by atoms with Crippen LogP contribution in [-0.2, 0) is 11.0 Å². The van der Waals surface area contributed by atoms with Crippen molar-refractivity contribution in [3.05, 3.63) is 76.9 Å².